The van der Waals surface area contributed by atoms with E-state index in [4.69, 9.17) is 0 Å². The molecule has 0 atom stereocenters. The summed E-state index contributed by atoms with van der Waals surface area (Å²) in [7, 11) is 0. The third kappa shape index (κ3) is 13.7. The van der Waals surface area contributed by atoms with Gasteiger partial charge in [-0.2, -0.15) is 0 Å². The molecule has 3 rings (SSSR count). The van der Waals surface area contributed by atoms with Crippen LogP contribution in [0.15, 0.2) is 78.4 Å². The van der Waals surface area contributed by atoms with Gasteiger partial charge in [0.15, 0.2) is 0 Å². The predicted molar refractivity (Wildman–Crippen MR) is 134 cm³/mol. The van der Waals surface area contributed by atoms with Crippen molar-refractivity contribution in [1.82, 2.24) is 0 Å². The summed E-state index contributed by atoms with van der Waals surface area (Å²) in [6.07, 6.45) is 13.3. The van der Waals surface area contributed by atoms with E-state index >= 15 is 0 Å². The molecule has 0 N–H and O–H groups in total. The van der Waals surface area contributed by atoms with E-state index in [2.05, 4.69) is 69.3 Å². The lowest BCUT2D eigenvalue weighted by atomic mass is 9.84. The molecular formula is C29H44. The van der Waals surface area contributed by atoms with E-state index in [-0.39, 0.29) is 0 Å². The summed E-state index contributed by atoms with van der Waals surface area (Å²) < 4.78 is 0. The molecule has 0 heteroatoms. The molecule has 29 heavy (non-hydrogen) atoms. The van der Waals surface area contributed by atoms with E-state index in [9.17, 15) is 0 Å². The van der Waals surface area contributed by atoms with E-state index in [1.54, 1.807) is 5.56 Å². The summed E-state index contributed by atoms with van der Waals surface area (Å²) in [6.45, 7) is 14.4. The third-order valence-electron chi connectivity index (χ3n) is 4.98. The Bertz CT molecular complexity index is 653. The maximum Gasteiger partial charge on any atom is -0.0162 e. The van der Waals surface area contributed by atoms with Crippen molar-refractivity contribution in [3.05, 3.63) is 95.1 Å². The van der Waals surface area contributed by atoms with Gasteiger partial charge in [0, 0.05) is 0 Å². The number of hydrogen-bond acceptors (Lipinski definition) is 0. The quantitative estimate of drug-likeness (QED) is 0.446. The fourth-order valence-corrected chi connectivity index (χ4v) is 3.17. The van der Waals surface area contributed by atoms with Crippen LogP contribution in [0, 0.1) is 13.8 Å². The van der Waals surface area contributed by atoms with Crippen molar-refractivity contribution in [1.29, 1.82) is 0 Å². The number of allylic oxidation sites excluding steroid dienone is 4. The fraction of sp³-hybridized carbons (Fsp3) is 0.448. The molecule has 0 nitrogen and oxygen atoms in total. The van der Waals surface area contributed by atoms with Gasteiger partial charge in [-0.1, -0.05) is 123 Å². The van der Waals surface area contributed by atoms with Crippen LogP contribution in [0.4, 0.5) is 0 Å². The zero-order valence-corrected chi connectivity index (χ0v) is 20.0. The summed E-state index contributed by atoms with van der Waals surface area (Å²) in [5.41, 5.74) is 5.58. The van der Waals surface area contributed by atoms with Crippen molar-refractivity contribution in [3.63, 3.8) is 0 Å². The molecule has 1 saturated carbocycles. The van der Waals surface area contributed by atoms with Gasteiger partial charge in [0.05, 0.1) is 0 Å². The minimum atomic E-state index is 0.856. The first-order chi connectivity index (χ1) is 14.1. The molecular weight excluding hydrogens is 348 g/mol. The van der Waals surface area contributed by atoms with Crippen LogP contribution in [-0.2, 0) is 0 Å². The van der Waals surface area contributed by atoms with Crippen LogP contribution < -0.4 is 0 Å². The zero-order valence-electron chi connectivity index (χ0n) is 20.0. The van der Waals surface area contributed by atoms with Crippen molar-refractivity contribution in [2.75, 3.05) is 0 Å². The minimum absolute atomic E-state index is 0.856. The number of hydrogen-bond donors (Lipinski definition) is 0. The summed E-state index contributed by atoms with van der Waals surface area (Å²) in [5, 5.41) is 0. The minimum Gasteiger partial charge on any atom is -0.0874 e. The Labute approximate surface area is 181 Å². The molecule has 0 heterocycles. The Balaban J connectivity index is 0.000000421. The molecule has 2 aromatic rings. The number of aryl methyl sites for hydroxylation is 2. The maximum absolute atomic E-state index is 2.31. The monoisotopic (exact) mass is 392 g/mol. The Morgan fingerprint density at radius 2 is 1.28 bits per heavy atom. The van der Waals surface area contributed by atoms with Crippen molar-refractivity contribution in [2.24, 2.45) is 0 Å². The number of rotatable bonds is 2. The second kappa shape index (κ2) is 18.0. The third-order valence-corrected chi connectivity index (χ3v) is 4.98. The summed E-state index contributed by atoms with van der Waals surface area (Å²) >= 11 is 0. The Hall–Kier alpha value is -2.08. The first kappa shape index (κ1) is 26.9. The molecule has 0 aromatic heterocycles. The molecule has 2 aromatic carbocycles. The van der Waals surface area contributed by atoms with Crippen molar-refractivity contribution >= 4 is 0 Å². The van der Waals surface area contributed by atoms with Gasteiger partial charge in [-0.05, 0) is 58.9 Å². The average molecular weight is 393 g/mol. The van der Waals surface area contributed by atoms with Crippen LogP contribution in [0.5, 0.6) is 0 Å². The largest absolute Gasteiger partial charge is 0.0874 e. The van der Waals surface area contributed by atoms with Gasteiger partial charge in [-0.25, -0.2) is 0 Å². The van der Waals surface area contributed by atoms with Crippen LogP contribution in [0.2, 0.25) is 0 Å². The molecule has 160 valence electrons. The molecule has 1 fully saturated rings. The predicted octanol–water partition coefficient (Wildman–Crippen LogP) is 9.59. The van der Waals surface area contributed by atoms with Crippen molar-refractivity contribution < 1.29 is 0 Å². The van der Waals surface area contributed by atoms with Crippen LogP contribution in [0.25, 0.3) is 0 Å². The van der Waals surface area contributed by atoms with Crippen molar-refractivity contribution in [3.8, 4) is 0 Å². The van der Waals surface area contributed by atoms with Gasteiger partial charge in [0.2, 0.25) is 0 Å². The highest BCUT2D eigenvalue weighted by atomic mass is 14.2. The molecule has 0 saturated heterocycles. The summed E-state index contributed by atoms with van der Waals surface area (Å²) in [5.74, 6) is 0.856. The normalized spacial score (nSPS) is 14.0. The lowest BCUT2D eigenvalue weighted by molar-refractivity contribution is 0.443. The smallest absolute Gasteiger partial charge is 0.0162 e. The van der Waals surface area contributed by atoms with Gasteiger partial charge in [0.1, 0.15) is 0 Å². The Morgan fingerprint density at radius 1 is 0.759 bits per heavy atom. The second-order valence-corrected chi connectivity index (χ2v) is 7.43. The van der Waals surface area contributed by atoms with Gasteiger partial charge in [0.25, 0.3) is 0 Å². The van der Waals surface area contributed by atoms with E-state index in [0.29, 0.717) is 0 Å². The molecule has 0 spiro atoms. The first-order valence-electron chi connectivity index (χ1n) is 11.4. The van der Waals surface area contributed by atoms with E-state index < -0.39 is 0 Å². The van der Waals surface area contributed by atoms with E-state index in [1.165, 1.54) is 48.8 Å². The number of benzene rings is 2. The first-order valence-corrected chi connectivity index (χ1v) is 11.4. The molecule has 0 unspecified atom stereocenters. The highest BCUT2D eigenvalue weighted by Crippen LogP contribution is 2.32. The van der Waals surface area contributed by atoms with Crippen LogP contribution in [0.3, 0.4) is 0 Å². The SMILES string of the molecule is C/C=C\C(C)=C/C.CC.Cc1ccc(C2CCCCC2)cc1.Cc1ccccc1. The highest BCUT2D eigenvalue weighted by Gasteiger charge is 2.14. The molecule has 0 aliphatic heterocycles. The average Bonchev–Trinajstić information content (AvgIpc) is 2.78. The topological polar surface area (TPSA) is 0 Å². The molecule has 1 aliphatic carbocycles. The lowest BCUT2D eigenvalue weighted by Gasteiger charge is -2.21. The van der Waals surface area contributed by atoms with Gasteiger partial charge in [-0.15, -0.1) is 0 Å². The molecule has 0 amide bonds. The standard InChI is InChI=1S/C13H18.C7H8.C7H12.C2H6/c1-11-7-9-13(10-8-11)12-5-3-2-4-6-12;1-7-5-3-2-4-6-7;1-4-6-7(3)5-2;1-2/h7-10,12H,2-6H2,1H3;2-6H,1H3;4-6H,1-3H3;1-2H3/b;;6-4-,7-5-;. The highest BCUT2D eigenvalue weighted by molar-refractivity contribution is 5.24. The van der Waals surface area contributed by atoms with E-state index in [0.717, 1.165) is 5.92 Å². The molecule has 0 bridgehead atoms. The second-order valence-electron chi connectivity index (χ2n) is 7.43. The van der Waals surface area contributed by atoms with Crippen LogP contribution in [0.1, 0.15) is 89.3 Å². The lowest BCUT2D eigenvalue weighted by Crippen LogP contribution is -2.04. The maximum atomic E-state index is 2.31. The van der Waals surface area contributed by atoms with Crippen LogP contribution >= 0.6 is 0 Å². The van der Waals surface area contributed by atoms with Crippen LogP contribution in [-0.4, -0.2) is 0 Å². The summed E-state index contributed by atoms with van der Waals surface area (Å²) in [4.78, 5) is 0. The Morgan fingerprint density at radius 3 is 1.66 bits per heavy atom. The Kier molecular flexibility index (Phi) is 16.7. The molecule has 1 aliphatic rings. The summed E-state index contributed by atoms with van der Waals surface area (Å²) in [6, 6.07) is 19.4. The zero-order chi connectivity index (χ0) is 21.9. The van der Waals surface area contributed by atoms with Gasteiger partial charge < -0.3 is 0 Å². The van der Waals surface area contributed by atoms with Crippen molar-refractivity contribution in [2.45, 2.75) is 86.5 Å². The van der Waals surface area contributed by atoms with Gasteiger partial charge in [-0.3, -0.25) is 0 Å². The van der Waals surface area contributed by atoms with E-state index in [1.807, 2.05) is 52.0 Å². The molecule has 0 radical (unpaired) electrons. The van der Waals surface area contributed by atoms with Gasteiger partial charge >= 0.3 is 0 Å². The fourth-order valence-electron chi connectivity index (χ4n) is 3.17.